The fourth-order valence-electron chi connectivity index (χ4n) is 2.67. The molecule has 0 radical (unpaired) electrons. The summed E-state index contributed by atoms with van der Waals surface area (Å²) in [5.41, 5.74) is 2.84. The van der Waals surface area contributed by atoms with Gasteiger partial charge in [0.25, 0.3) is 0 Å². The van der Waals surface area contributed by atoms with Crippen LogP contribution in [0.3, 0.4) is 0 Å². The Balaban J connectivity index is 2.37. The minimum absolute atomic E-state index is 0.0310. The average Bonchev–Trinajstić information content (AvgIpc) is 2.53. The highest BCUT2D eigenvalue weighted by molar-refractivity contribution is 5.91. The first kappa shape index (κ1) is 15.4. The summed E-state index contributed by atoms with van der Waals surface area (Å²) in [6, 6.07) is 10.1. The summed E-state index contributed by atoms with van der Waals surface area (Å²) in [6.45, 7) is 5.10. The molecule has 21 heavy (non-hydrogen) atoms. The SMILES string of the molecule is CCCCN1C=CC(c2ccccc2)C(C(=O)OC)=C1C. The predicted octanol–water partition coefficient (Wildman–Crippen LogP) is 3.85. The van der Waals surface area contributed by atoms with E-state index in [1.165, 1.54) is 7.11 Å². The van der Waals surface area contributed by atoms with Crippen LogP contribution in [0.25, 0.3) is 0 Å². The van der Waals surface area contributed by atoms with Crippen molar-refractivity contribution >= 4 is 5.97 Å². The maximum absolute atomic E-state index is 12.2. The number of hydrogen-bond acceptors (Lipinski definition) is 3. The second-order valence-electron chi connectivity index (χ2n) is 5.27. The fourth-order valence-corrected chi connectivity index (χ4v) is 2.67. The lowest BCUT2D eigenvalue weighted by Gasteiger charge is -2.31. The quantitative estimate of drug-likeness (QED) is 0.770. The first-order valence-electron chi connectivity index (χ1n) is 7.48. The molecule has 1 unspecified atom stereocenters. The molecule has 1 aliphatic heterocycles. The number of rotatable bonds is 5. The highest BCUT2D eigenvalue weighted by Crippen LogP contribution is 2.34. The molecular formula is C18H23NO2. The van der Waals surface area contributed by atoms with E-state index in [4.69, 9.17) is 4.74 Å². The summed E-state index contributed by atoms with van der Waals surface area (Å²) in [4.78, 5) is 14.4. The maximum Gasteiger partial charge on any atom is 0.336 e. The molecule has 0 saturated carbocycles. The Bertz CT molecular complexity index is 546. The number of allylic oxidation sites excluding steroid dienone is 2. The lowest BCUT2D eigenvalue weighted by atomic mass is 9.87. The van der Waals surface area contributed by atoms with Gasteiger partial charge in [-0.2, -0.15) is 0 Å². The Morgan fingerprint density at radius 2 is 2.00 bits per heavy atom. The van der Waals surface area contributed by atoms with Crippen LogP contribution in [0.2, 0.25) is 0 Å². The Morgan fingerprint density at radius 3 is 2.62 bits per heavy atom. The van der Waals surface area contributed by atoms with E-state index in [1.54, 1.807) is 0 Å². The third-order valence-electron chi connectivity index (χ3n) is 3.91. The Kier molecular flexibility index (Phi) is 5.20. The molecule has 0 saturated heterocycles. The second-order valence-corrected chi connectivity index (χ2v) is 5.27. The van der Waals surface area contributed by atoms with Crippen molar-refractivity contribution in [1.29, 1.82) is 0 Å². The highest BCUT2D eigenvalue weighted by atomic mass is 16.5. The van der Waals surface area contributed by atoms with Gasteiger partial charge in [0.1, 0.15) is 0 Å². The lowest BCUT2D eigenvalue weighted by molar-refractivity contribution is -0.136. The number of carbonyl (C=O) groups excluding carboxylic acids is 1. The smallest absolute Gasteiger partial charge is 0.336 e. The van der Waals surface area contributed by atoms with E-state index in [9.17, 15) is 4.79 Å². The molecule has 0 amide bonds. The van der Waals surface area contributed by atoms with E-state index in [2.05, 4.69) is 24.1 Å². The fraction of sp³-hybridized carbons (Fsp3) is 0.389. The monoisotopic (exact) mass is 285 g/mol. The van der Waals surface area contributed by atoms with Gasteiger partial charge in [-0.1, -0.05) is 49.8 Å². The van der Waals surface area contributed by atoms with Gasteiger partial charge in [-0.25, -0.2) is 4.79 Å². The Morgan fingerprint density at radius 1 is 1.29 bits per heavy atom. The van der Waals surface area contributed by atoms with Gasteiger partial charge in [0.05, 0.1) is 12.7 Å². The summed E-state index contributed by atoms with van der Waals surface area (Å²) in [7, 11) is 1.44. The molecule has 2 rings (SSSR count). The number of unbranched alkanes of at least 4 members (excludes halogenated alkanes) is 1. The van der Waals surface area contributed by atoms with Crippen molar-refractivity contribution < 1.29 is 9.53 Å². The van der Waals surface area contributed by atoms with Crippen LogP contribution < -0.4 is 0 Å². The minimum Gasteiger partial charge on any atom is -0.466 e. The topological polar surface area (TPSA) is 29.5 Å². The van der Waals surface area contributed by atoms with Gasteiger partial charge >= 0.3 is 5.97 Å². The third-order valence-corrected chi connectivity index (χ3v) is 3.91. The number of methoxy groups -OCH3 is 1. The van der Waals surface area contributed by atoms with Crippen LogP contribution in [-0.2, 0) is 9.53 Å². The van der Waals surface area contributed by atoms with Gasteiger partial charge in [0.15, 0.2) is 0 Å². The zero-order chi connectivity index (χ0) is 15.2. The third kappa shape index (κ3) is 3.35. The first-order chi connectivity index (χ1) is 10.2. The van der Waals surface area contributed by atoms with Crippen LogP contribution in [0.5, 0.6) is 0 Å². The molecule has 0 bridgehead atoms. The standard InChI is InChI=1S/C18H23NO2/c1-4-5-12-19-13-11-16(15-9-7-6-8-10-15)17(14(19)2)18(20)21-3/h6-11,13,16H,4-5,12H2,1-3H3. The first-order valence-corrected chi connectivity index (χ1v) is 7.48. The average molecular weight is 285 g/mol. The van der Waals surface area contributed by atoms with Crippen molar-refractivity contribution in [3.8, 4) is 0 Å². The molecule has 3 nitrogen and oxygen atoms in total. The van der Waals surface area contributed by atoms with E-state index in [0.29, 0.717) is 0 Å². The molecule has 1 heterocycles. The van der Waals surface area contributed by atoms with E-state index < -0.39 is 0 Å². The molecule has 0 aromatic heterocycles. The van der Waals surface area contributed by atoms with Crippen LogP contribution in [0.15, 0.2) is 53.9 Å². The van der Waals surface area contributed by atoms with Crippen LogP contribution in [0.4, 0.5) is 0 Å². The van der Waals surface area contributed by atoms with Gasteiger partial charge in [0, 0.05) is 24.4 Å². The maximum atomic E-state index is 12.2. The molecule has 0 aliphatic carbocycles. The largest absolute Gasteiger partial charge is 0.466 e. The van der Waals surface area contributed by atoms with Gasteiger partial charge in [-0.15, -0.1) is 0 Å². The van der Waals surface area contributed by atoms with Crippen LogP contribution in [0.1, 0.15) is 38.2 Å². The molecule has 112 valence electrons. The summed E-state index contributed by atoms with van der Waals surface area (Å²) < 4.78 is 5.01. The van der Waals surface area contributed by atoms with E-state index in [0.717, 1.165) is 36.2 Å². The number of benzene rings is 1. The van der Waals surface area contributed by atoms with Crippen molar-refractivity contribution in [2.75, 3.05) is 13.7 Å². The van der Waals surface area contributed by atoms with Crippen molar-refractivity contribution in [3.63, 3.8) is 0 Å². The summed E-state index contributed by atoms with van der Waals surface area (Å²) in [5, 5.41) is 0. The van der Waals surface area contributed by atoms with E-state index in [1.807, 2.05) is 37.3 Å². The molecule has 0 fully saturated rings. The molecule has 1 aromatic carbocycles. The number of ether oxygens (including phenoxy) is 1. The Labute approximate surface area is 126 Å². The van der Waals surface area contributed by atoms with E-state index >= 15 is 0 Å². The predicted molar refractivity (Wildman–Crippen MR) is 84.7 cm³/mol. The van der Waals surface area contributed by atoms with Gasteiger partial charge in [-0.05, 0) is 18.9 Å². The zero-order valence-electron chi connectivity index (χ0n) is 13.0. The summed E-state index contributed by atoms with van der Waals surface area (Å²) in [6.07, 6.45) is 6.42. The minimum atomic E-state index is -0.243. The normalized spacial score (nSPS) is 18.0. The van der Waals surface area contributed by atoms with Crippen molar-refractivity contribution in [2.45, 2.75) is 32.6 Å². The number of hydrogen-bond donors (Lipinski definition) is 0. The number of esters is 1. The number of nitrogens with zero attached hydrogens (tertiary/aromatic N) is 1. The van der Waals surface area contributed by atoms with Crippen LogP contribution in [-0.4, -0.2) is 24.5 Å². The second kappa shape index (κ2) is 7.11. The number of carbonyl (C=O) groups is 1. The van der Waals surface area contributed by atoms with Crippen molar-refractivity contribution in [3.05, 3.63) is 59.4 Å². The molecular weight excluding hydrogens is 262 g/mol. The molecule has 0 spiro atoms. The Hall–Kier alpha value is -2.03. The molecule has 3 heteroatoms. The van der Waals surface area contributed by atoms with E-state index in [-0.39, 0.29) is 11.9 Å². The zero-order valence-corrected chi connectivity index (χ0v) is 13.0. The molecule has 1 atom stereocenters. The highest BCUT2D eigenvalue weighted by Gasteiger charge is 2.28. The van der Waals surface area contributed by atoms with Crippen molar-refractivity contribution in [1.82, 2.24) is 4.90 Å². The van der Waals surface area contributed by atoms with Gasteiger partial charge < -0.3 is 9.64 Å². The van der Waals surface area contributed by atoms with Crippen LogP contribution >= 0.6 is 0 Å². The molecule has 1 aromatic rings. The molecule has 0 N–H and O–H groups in total. The summed E-state index contributed by atoms with van der Waals surface area (Å²) >= 11 is 0. The van der Waals surface area contributed by atoms with Gasteiger partial charge in [0.2, 0.25) is 0 Å². The van der Waals surface area contributed by atoms with Gasteiger partial charge in [-0.3, -0.25) is 0 Å². The molecule has 1 aliphatic rings. The lowest BCUT2D eigenvalue weighted by Crippen LogP contribution is -2.27. The summed E-state index contributed by atoms with van der Waals surface area (Å²) in [5.74, 6) is -0.274. The van der Waals surface area contributed by atoms with Crippen molar-refractivity contribution in [2.24, 2.45) is 0 Å². The van der Waals surface area contributed by atoms with Crippen LogP contribution in [0, 0.1) is 0 Å².